The number of rotatable bonds is 9. The second-order valence-electron chi connectivity index (χ2n) is 5.27. The molecular formula is C17H29N. The summed E-state index contributed by atoms with van der Waals surface area (Å²) in [4.78, 5) is 0. The van der Waals surface area contributed by atoms with E-state index in [-0.39, 0.29) is 0 Å². The lowest BCUT2D eigenvalue weighted by Gasteiger charge is -2.11. The summed E-state index contributed by atoms with van der Waals surface area (Å²) < 4.78 is 0. The summed E-state index contributed by atoms with van der Waals surface area (Å²) in [5.41, 5.74) is 2.71. The molecule has 0 amide bonds. The lowest BCUT2D eigenvalue weighted by molar-refractivity contribution is 0.645. The van der Waals surface area contributed by atoms with Gasteiger partial charge in [0.25, 0.3) is 0 Å². The molecule has 1 rings (SSSR count). The Kier molecular flexibility index (Phi) is 7.55. The molecule has 1 heteroatoms. The molecule has 0 heterocycles. The third-order valence-corrected chi connectivity index (χ3v) is 3.70. The van der Waals surface area contributed by atoms with Crippen LogP contribution in [-0.4, -0.2) is 6.54 Å². The molecule has 102 valence electrons. The summed E-state index contributed by atoms with van der Waals surface area (Å²) in [6, 6.07) is 8.95. The van der Waals surface area contributed by atoms with Crippen LogP contribution in [0.15, 0.2) is 24.3 Å². The minimum atomic E-state index is 0.674. The van der Waals surface area contributed by atoms with Gasteiger partial charge < -0.3 is 5.32 Å². The zero-order chi connectivity index (χ0) is 13.2. The van der Waals surface area contributed by atoms with Gasteiger partial charge in [-0.2, -0.15) is 0 Å². The van der Waals surface area contributed by atoms with E-state index >= 15 is 0 Å². The lowest BCUT2D eigenvalue weighted by Crippen LogP contribution is -2.01. The molecule has 1 N–H and O–H groups in total. The second-order valence-corrected chi connectivity index (χ2v) is 5.27. The van der Waals surface area contributed by atoms with Crippen molar-refractivity contribution in [1.82, 2.24) is 0 Å². The average Bonchev–Trinajstić information content (AvgIpc) is 2.42. The van der Waals surface area contributed by atoms with Crippen molar-refractivity contribution in [3.8, 4) is 0 Å². The molecule has 1 unspecified atom stereocenters. The molecule has 0 aliphatic carbocycles. The summed E-state index contributed by atoms with van der Waals surface area (Å²) in [5, 5.41) is 3.51. The Morgan fingerprint density at radius 2 is 1.61 bits per heavy atom. The zero-order valence-electron chi connectivity index (χ0n) is 12.3. The van der Waals surface area contributed by atoms with E-state index in [9.17, 15) is 0 Å². The molecule has 1 aromatic carbocycles. The number of hydrogen-bond acceptors (Lipinski definition) is 1. The van der Waals surface area contributed by atoms with E-state index in [1.165, 1.54) is 49.8 Å². The van der Waals surface area contributed by atoms with Crippen molar-refractivity contribution in [3.63, 3.8) is 0 Å². The molecule has 1 aromatic rings. The van der Waals surface area contributed by atoms with E-state index in [1.807, 2.05) is 0 Å². The largest absolute Gasteiger partial charge is 0.385 e. The minimum absolute atomic E-state index is 0.674. The Hall–Kier alpha value is -0.980. The van der Waals surface area contributed by atoms with Crippen LogP contribution in [0.2, 0.25) is 0 Å². The van der Waals surface area contributed by atoms with Crippen molar-refractivity contribution in [2.24, 2.45) is 0 Å². The van der Waals surface area contributed by atoms with Crippen molar-refractivity contribution in [2.45, 2.75) is 65.2 Å². The molecule has 0 fully saturated rings. The van der Waals surface area contributed by atoms with Gasteiger partial charge in [-0.05, 0) is 36.5 Å². The number of anilines is 1. The highest BCUT2D eigenvalue weighted by Gasteiger charge is 2.01. The van der Waals surface area contributed by atoms with Crippen LogP contribution in [0.25, 0.3) is 0 Å². The summed E-state index contributed by atoms with van der Waals surface area (Å²) in [7, 11) is 0. The zero-order valence-corrected chi connectivity index (χ0v) is 12.3. The summed E-state index contributed by atoms with van der Waals surface area (Å²) in [5.74, 6) is 0.674. The van der Waals surface area contributed by atoms with Gasteiger partial charge in [0, 0.05) is 12.2 Å². The van der Waals surface area contributed by atoms with Crippen molar-refractivity contribution in [2.75, 3.05) is 11.9 Å². The maximum atomic E-state index is 3.51. The Morgan fingerprint density at radius 1 is 0.944 bits per heavy atom. The van der Waals surface area contributed by atoms with Gasteiger partial charge in [-0.1, -0.05) is 58.6 Å². The van der Waals surface area contributed by atoms with Crippen LogP contribution < -0.4 is 5.32 Å². The van der Waals surface area contributed by atoms with Crippen LogP contribution >= 0.6 is 0 Å². The Labute approximate surface area is 113 Å². The fourth-order valence-corrected chi connectivity index (χ4v) is 2.13. The van der Waals surface area contributed by atoms with Gasteiger partial charge in [0.05, 0.1) is 0 Å². The van der Waals surface area contributed by atoms with Crippen LogP contribution in [0.1, 0.15) is 70.8 Å². The van der Waals surface area contributed by atoms with E-state index in [4.69, 9.17) is 0 Å². The van der Waals surface area contributed by atoms with E-state index in [0.29, 0.717) is 5.92 Å². The van der Waals surface area contributed by atoms with E-state index in [1.54, 1.807) is 0 Å². The van der Waals surface area contributed by atoms with Gasteiger partial charge in [-0.3, -0.25) is 0 Å². The second kappa shape index (κ2) is 9.02. The fourth-order valence-electron chi connectivity index (χ4n) is 2.13. The molecule has 0 spiro atoms. The molecule has 1 nitrogen and oxygen atoms in total. The number of benzene rings is 1. The number of unbranched alkanes of at least 4 members (excludes halogenated alkanes) is 4. The van der Waals surface area contributed by atoms with Crippen molar-refractivity contribution >= 4 is 5.69 Å². The Balaban J connectivity index is 2.22. The number of hydrogen-bond donors (Lipinski definition) is 1. The standard InChI is InChI=1S/C17H29N/c1-4-6-7-8-9-14-18-17-12-10-16(11-13-17)15(3)5-2/h10-13,15,18H,4-9,14H2,1-3H3. The topological polar surface area (TPSA) is 12.0 Å². The smallest absolute Gasteiger partial charge is 0.0340 e. The predicted octanol–water partition coefficient (Wildman–Crippen LogP) is 5.58. The Morgan fingerprint density at radius 3 is 2.22 bits per heavy atom. The van der Waals surface area contributed by atoms with Gasteiger partial charge in [-0.25, -0.2) is 0 Å². The molecule has 0 radical (unpaired) electrons. The molecule has 18 heavy (non-hydrogen) atoms. The normalized spacial score (nSPS) is 12.4. The molecule has 0 saturated heterocycles. The first-order valence-corrected chi connectivity index (χ1v) is 7.61. The SMILES string of the molecule is CCCCCCCNc1ccc(C(C)CC)cc1. The highest BCUT2D eigenvalue weighted by Crippen LogP contribution is 2.20. The molecular weight excluding hydrogens is 218 g/mol. The van der Waals surface area contributed by atoms with E-state index < -0.39 is 0 Å². The maximum Gasteiger partial charge on any atom is 0.0340 e. The summed E-state index contributed by atoms with van der Waals surface area (Å²) in [6.07, 6.45) is 7.93. The monoisotopic (exact) mass is 247 g/mol. The summed E-state index contributed by atoms with van der Waals surface area (Å²) >= 11 is 0. The third-order valence-electron chi connectivity index (χ3n) is 3.70. The molecule has 0 aliphatic heterocycles. The molecule has 0 bridgehead atoms. The van der Waals surface area contributed by atoms with Crippen molar-refractivity contribution in [1.29, 1.82) is 0 Å². The predicted molar refractivity (Wildman–Crippen MR) is 82.4 cm³/mol. The third kappa shape index (κ3) is 5.57. The fraction of sp³-hybridized carbons (Fsp3) is 0.647. The Bertz CT molecular complexity index is 302. The molecule has 0 aromatic heterocycles. The maximum absolute atomic E-state index is 3.51. The van der Waals surface area contributed by atoms with Gasteiger partial charge in [0.2, 0.25) is 0 Å². The number of nitrogens with one attached hydrogen (secondary N) is 1. The highest BCUT2D eigenvalue weighted by molar-refractivity contribution is 5.45. The van der Waals surface area contributed by atoms with Crippen LogP contribution in [-0.2, 0) is 0 Å². The average molecular weight is 247 g/mol. The molecule has 0 saturated carbocycles. The molecule has 0 aliphatic rings. The first kappa shape index (κ1) is 15.1. The van der Waals surface area contributed by atoms with Crippen LogP contribution in [0.3, 0.4) is 0 Å². The van der Waals surface area contributed by atoms with E-state index in [0.717, 1.165) is 6.54 Å². The van der Waals surface area contributed by atoms with E-state index in [2.05, 4.69) is 50.4 Å². The minimum Gasteiger partial charge on any atom is -0.385 e. The quantitative estimate of drug-likeness (QED) is 0.561. The first-order chi connectivity index (χ1) is 8.77. The highest BCUT2D eigenvalue weighted by atomic mass is 14.9. The molecule has 1 atom stereocenters. The van der Waals surface area contributed by atoms with Gasteiger partial charge in [0.1, 0.15) is 0 Å². The van der Waals surface area contributed by atoms with Gasteiger partial charge in [-0.15, -0.1) is 0 Å². The lowest BCUT2D eigenvalue weighted by atomic mass is 9.99. The van der Waals surface area contributed by atoms with Crippen molar-refractivity contribution in [3.05, 3.63) is 29.8 Å². The van der Waals surface area contributed by atoms with Crippen LogP contribution in [0.4, 0.5) is 5.69 Å². The van der Waals surface area contributed by atoms with Crippen LogP contribution in [0, 0.1) is 0 Å². The van der Waals surface area contributed by atoms with Crippen LogP contribution in [0.5, 0.6) is 0 Å². The summed E-state index contributed by atoms with van der Waals surface area (Å²) in [6.45, 7) is 7.90. The van der Waals surface area contributed by atoms with Gasteiger partial charge in [0.15, 0.2) is 0 Å². The van der Waals surface area contributed by atoms with Gasteiger partial charge >= 0.3 is 0 Å². The van der Waals surface area contributed by atoms with Crippen molar-refractivity contribution < 1.29 is 0 Å². The first-order valence-electron chi connectivity index (χ1n) is 7.61.